The zero-order valence-corrected chi connectivity index (χ0v) is 15.0. The van der Waals surface area contributed by atoms with E-state index in [1.54, 1.807) is 7.05 Å². The molecule has 2 aromatic rings. The number of anilines is 1. The molecule has 0 bridgehead atoms. The van der Waals surface area contributed by atoms with Gasteiger partial charge in [0.25, 0.3) is 0 Å². The van der Waals surface area contributed by atoms with Crippen molar-refractivity contribution in [3.8, 4) is 5.88 Å². The lowest BCUT2D eigenvalue weighted by Crippen LogP contribution is -2.44. The predicted octanol–water partition coefficient (Wildman–Crippen LogP) is -0.783. The number of aryl methyl sites for hydroxylation is 1. The first kappa shape index (κ1) is 18.8. The van der Waals surface area contributed by atoms with Crippen LogP contribution in [0.4, 0.5) is 14.6 Å². The number of hydrogen-bond acceptors (Lipinski definition) is 8. The molecule has 2 aromatic heterocycles. The van der Waals surface area contributed by atoms with Crippen molar-refractivity contribution in [3.63, 3.8) is 0 Å². The highest BCUT2D eigenvalue weighted by atomic mass is 19.3. The minimum absolute atomic E-state index is 0.0151. The van der Waals surface area contributed by atoms with Crippen LogP contribution in [0.15, 0.2) is 17.1 Å². The van der Waals surface area contributed by atoms with Crippen molar-refractivity contribution < 1.29 is 23.7 Å². The van der Waals surface area contributed by atoms with Crippen LogP contribution in [0.2, 0.25) is 0 Å². The third kappa shape index (κ3) is 2.93. The second-order valence-corrected chi connectivity index (χ2v) is 7.05. The molecule has 1 saturated heterocycles. The zero-order chi connectivity index (χ0) is 20.2. The summed E-state index contributed by atoms with van der Waals surface area (Å²) in [6.07, 6.45) is -3.72. The number of aromatic nitrogens is 4. The molecule has 0 aromatic carbocycles. The highest BCUT2D eigenvalue weighted by Crippen LogP contribution is 2.42. The SMILES string of the molecule is Cn1nc2c(c1O)CCN(C[C@H]1O[C@@H](n3ccc(N)nc3=O)C(F)(F)[C@@H]1O)C2. The van der Waals surface area contributed by atoms with Gasteiger partial charge in [0.2, 0.25) is 12.1 Å². The van der Waals surface area contributed by atoms with Crippen molar-refractivity contribution in [3.05, 3.63) is 34.0 Å². The van der Waals surface area contributed by atoms with Crippen LogP contribution in [0.1, 0.15) is 17.5 Å². The van der Waals surface area contributed by atoms with Crippen LogP contribution in [-0.4, -0.2) is 65.7 Å². The summed E-state index contributed by atoms with van der Waals surface area (Å²) in [7, 11) is 1.62. The Balaban J connectivity index is 1.52. The van der Waals surface area contributed by atoms with E-state index in [-0.39, 0.29) is 18.2 Å². The minimum atomic E-state index is -3.68. The van der Waals surface area contributed by atoms with Crippen molar-refractivity contribution in [2.75, 3.05) is 18.8 Å². The van der Waals surface area contributed by atoms with Gasteiger partial charge < -0.3 is 20.7 Å². The molecule has 28 heavy (non-hydrogen) atoms. The highest BCUT2D eigenvalue weighted by molar-refractivity contribution is 5.32. The monoisotopic (exact) mass is 398 g/mol. The van der Waals surface area contributed by atoms with E-state index in [1.807, 2.05) is 4.90 Å². The van der Waals surface area contributed by atoms with E-state index < -0.39 is 30.0 Å². The van der Waals surface area contributed by atoms with Gasteiger partial charge in [-0.3, -0.25) is 9.47 Å². The molecule has 12 heteroatoms. The largest absolute Gasteiger partial charge is 0.493 e. The van der Waals surface area contributed by atoms with E-state index in [0.717, 1.165) is 11.8 Å². The molecule has 4 rings (SSSR count). The van der Waals surface area contributed by atoms with Gasteiger partial charge in [0.15, 0.2) is 0 Å². The third-order valence-electron chi connectivity index (χ3n) is 5.17. The van der Waals surface area contributed by atoms with Gasteiger partial charge in [-0.05, 0) is 12.5 Å². The number of aliphatic hydroxyl groups excluding tert-OH is 1. The standard InChI is InChI=1S/C16H20F2N6O4/c1-22-13(26)8-2-4-23(6-9(8)21-22)7-10-12(25)16(17,18)14(28-10)24-5-3-11(19)20-15(24)27/h3,5,10,12,14,25-26H,2,4,6-7H2,1H3,(H2,19,20,27)/t10-,12-,14-/m1/s1. The fourth-order valence-corrected chi connectivity index (χ4v) is 3.69. The molecular formula is C16H20F2N6O4. The van der Waals surface area contributed by atoms with Gasteiger partial charge in [-0.25, -0.2) is 9.48 Å². The molecule has 4 heterocycles. The molecule has 0 spiro atoms. The van der Waals surface area contributed by atoms with Gasteiger partial charge in [-0.2, -0.15) is 18.9 Å². The number of halogens is 2. The second-order valence-electron chi connectivity index (χ2n) is 7.05. The smallest absolute Gasteiger partial charge is 0.351 e. The van der Waals surface area contributed by atoms with Gasteiger partial charge in [0, 0.05) is 38.4 Å². The van der Waals surface area contributed by atoms with Crippen LogP contribution < -0.4 is 11.4 Å². The number of nitrogens with zero attached hydrogens (tertiary/aromatic N) is 5. The first-order valence-electron chi connectivity index (χ1n) is 8.70. The molecule has 2 aliphatic rings. The Bertz CT molecular complexity index is 961. The lowest BCUT2D eigenvalue weighted by Gasteiger charge is -2.29. The van der Waals surface area contributed by atoms with Crippen LogP contribution in [0, 0.1) is 0 Å². The van der Waals surface area contributed by atoms with Gasteiger partial charge in [0.05, 0.1) is 5.69 Å². The number of aliphatic hydroxyl groups is 1. The van der Waals surface area contributed by atoms with E-state index in [9.17, 15) is 23.8 Å². The molecule has 152 valence electrons. The number of aromatic hydroxyl groups is 1. The Morgan fingerprint density at radius 3 is 2.93 bits per heavy atom. The number of nitrogen functional groups attached to an aromatic ring is 1. The highest BCUT2D eigenvalue weighted by Gasteiger charge is 2.59. The number of hydrogen-bond donors (Lipinski definition) is 3. The topological polar surface area (TPSA) is 132 Å². The Labute approximate surface area is 157 Å². The fraction of sp³-hybridized carbons (Fsp3) is 0.562. The molecule has 3 atom stereocenters. The van der Waals surface area contributed by atoms with Crippen LogP contribution in [0.3, 0.4) is 0 Å². The summed E-state index contributed by atoms with van der Waals surface area (Å²) in [6.45, 7) is 0.829. The van der Waals surface area contributed by atoms with Crippen LogP contribution in [-0.2, 0) is 24.8 Å². The van der Waals surface area contributed by atoms with Crippen molar-refractivity contribution in [1.29, 1.82) is 0 Å². The maximum absolute atomic E-state index is 14.6. The fourth-order valence-electron chi connectivity index (χ4n) is 3.69. The van der Waals surface area contributed by atoms with E-state index in [1.165, 1.54) is 10.7 Å². The molecule has 2 aliphatic heterocycles. The summed E-state index contributed by atoms with van der Waals surface area (Å²) in [5.41, 5.74) is 5.79. The summed E-state index contributed by atoms with van der Waals surface area (Å²) >= 11 is 0. The van der Waals surface area contributed by atoms with Crippen LogP contribution in [0.5, 0.6) is 5.88 Å². The quantitative estimate of drug-likeness (QED) is 0.613. The molecule has 0 radical (unpaired) electrons. The number of fused-ring (bicyclic) bond motifs is 1. The number of alkyl halides is 2. The zero-order valence-electron chi connectivity index (χ0n) is 15.0. The van der Waals surface area contributed by atoms with Crippen molar-refractivity contribution >= 4 is 5.82 Å². The summed E-state index contributed by atoms with van der Waals surface area (Å²) < 4.78 is 36.6. The Hall–Kier alpha value is -2.57. The van der Waals surface area contributed by atoms with Gasteiger partial charge in [-0.15, -0.1) is 0 Å². The summed E-state index contributed by atoms with van der Waals surface area (Å²) in [6, 6.07) is 1.21. The van der Waals surface area contributed by atoms with Crippen molar-refractivity contribution in [2.45, 2.75) is 37.3 Å². The van der Waals surface area contributed by atoms with E-state index in [2.05, 4.69) is 10.1 Å². The molecule has 0 unspecified atom stereocenters. The maximum Gasteiger partial charge on any atom is 0.351 e. The third-order valence-corrected chi connectivity index (χ3v) is 5.17. The molecule has 0 saturated carbocycles. The normalized spacial score (nSPS) is 27.1. The average Bonchev–Trinajstić information content (AvgIpc) is 3.03. The van der Waals surface area contributed by atoms with E-state index in [4.69, 9.17) is 10.5 Å². The average molecular weight is 398 g/mol. The number of ether oxygens (including phenoxy) is 1. The summed E-state index contributed by atoms with van der Waals surface area (Å²) in [4.78, 5) is 17.2. The second kappa shape index (κ2) is 6.50. The van der Waals surface area contributed by atoms with Gasteiger partial charge >= 0.3 is 11.6 Å². The first-order valence-corrected chi connectivity index (χ1v) is 8.70. The lowest BCUT2D eigenvalue weighted by atomic mass is 10.0. The Morgan fingerprint density at radius 1 is 1.46 bits per heavy atom. The minimum Gasteiger partial charge on any atom is -0.493 e. The molecule has 4 N–H and O–H groups in total. The van der Waals surface area contributed by atoms with Gasteiger partial charge in [-0.1, -0.05) is 0 Å². The van der Waals surface area contributed by atoms with Crippen molar-refractivity contribution in [2.24, 2.45) is 7.05 Å². The summed E-state index contributed by atoms with van der Waals surface area (Å²) in [5, 5.41) is 24.3. The molecule has 1 fully saturated rings. The lowest BCUT2D eigenvalue weighted by molar-refractivity contribution is -0.140. The molecule has 0 aliphatic carbocycles. The van der Waals surface area contributed by atoms with Crippen LogP contribution in [0.25, 0.3) is 0 Å². The van der Waals surface area contributed by atoms with E-state index in [0.29, 0.717) is 29.8 Å². The van der Waals surface area contributed by atoms with E-state index >= 15 is 0 Å². The summed E-state index contributed by atoms with van der Waals surface area (Å²) in [5.74, 6) is -3.69. The molecular weight excluding hydrogens is 378 g/mol. The first-order chi connectivity index (χ1) is 13.2. The number of nitrogens with two attached hydrogens (primary N) is 1. The van der Waals surface area contributed by atoms with Gasteiger partial charge in [0.1, 0.15) is 18.0 Å². The maximum atomic E-state index is 14.6. The number of rotatable bonds is 3. The Morgan fingerprint density at radius 2 is 2.21 bits per heavy atom. The van der Waals surface area contributed by atoms with Crippen molar-refractivity contribution in [1.82, 2.24) is 24.2 Å². The molecule has 0 amide bonds. The predicted molar refractivity (Wildman–Crippen MR) is 91.6 cm³/mol. The molecule has 10 nitrogen and oxygen atoms in total. The Kier molecular flexibility index (Phi) is 4.36. The van der Waals surface area contributed by atoms with Crippen LogP contribution >= 0.6 is 0 Å².